The van der Waals surface area contributed by atoms with Crippen LogP contribution in [0.4, 0.5) is 5.13 Å². The molecule has 2 heterocycles. The summed E-state index contributed by atoms with van der Waals surface area (Å²) in [5.74, 6) is -0.782. The van der Waals surface area contributed by atoms with Crippen LogP contribution < -0.4 is 11.0 Å². The van der Waals surface area contributed by atoms with E-state index in [4.69, 9.17) is 4.74 Å². The summed E-state index contributed by atoms with van der Waals surface area (Å²) in [7, 11) is 0. The third kappa shape index (κ3) is 4.20. The summed E-state index contributed by atoms with van der Waals surface area (Å²) in [5.41, 5.74) is 1.89. The summed E-state index contributed by atoms with van der Waals surface area (Å²) in [5, 5.41) is 3.08. The van der Waals surface area contributed by atoms with Crippen LogP contribution in [-0.2, 0) is 16.1 Å². The molecule has 1 amide bonds. The van der Waals surface area contributed by atoms with Crippen LogP contribution in [0.25, 0.3) is 10.2 Å². The Labute approximate surface area is 158 Å². The number of hydrogen-bond donors (Lipinski definition) is 1. The van der Waals surface area contributed by atoms with Gasteiger partial charge in [-0.25, -0.2) is 14.6 Å². The number of carbonyl (C=O) groups excluding carboxylic acids is 2. The van der Waals surface area contributed by atoms with Gasteiger partial charge in [0.25, 0.3) is 0 Å². The molecule has 0 aliphatic heterocycles. The molecular weight excluding hydrogens is 368 g/mol. The lowest BCUT2D eigenvalue weighted by molar-refractivity contribution is -0.116. The highest BCUT2D eigenvalue weighted by Gasteiger charge is 2.13. The quantitative estimate of drug-likeness (QED) is 0.675. The molecule has 0 unspecified atom stereocenters. The highest BCUT2D eigenvalue weighted by molar-refractivity contribution is 7.22. The number of esters is 1. The number of rotatable bonds is 5. The lowest BCUT2D eigenvalue weighted by Gasteiger charge is -2.08. The Morgan fingerprint density at radius 1 is 1.22 bits per heavy atom. The third-order valence-corrected chi connectivity index (χ3v) is 4.73. The number of nitrogens with zero attached hydrogens (tertiary/aromatic N) is 3. The van der Waals surface area contributed by atoms with E-state index in [2.05, 4.69) is 15.3 Å². The van der Waals surface area contributed by atoms with Crippen molar-refractivity contribution in [3.8, 4) is 0 Å². The molecule has 1 N–H and O–H groups in total. The van der Waals surface area contributed by atoms with Crippen LogP contribution in [-0.4, -0.2) is 33.0 Å². The van der Waals surface area contributed by atoms with Crippen LogP contribution in [0.1, 0.15) is 28.7 Å². The maximum atomic E-state index is 12.3. The van der Waals surface area contributed by atoms with E-state index in [1.807, 2.05) is 0 Å². The molecule has 0 spiro atoms. The van der Waals surface area contributed by atoms with Gasteiger partial charge in [0.2, 0.25) is 5.91 Å². The second kappa shape index (κ2) is 7.67. The second-order valence-corrected chi connectivity index (χ2v) is 6.91. The summed E-state index contributed by atoms with van der Waals surface area (Å²) >= 11 is 1.24. The SMILES string of the molecule is CCOC(=O)c1ccc2nc(NC(=O)Cn3c(C)cc(C)nc3=O)sc2c1. The van der Waals surface area contributed by atoms with Crippen molar-refractivity contribution >= 4 is 38.6 Å². The molecule has 3 rings (SSSR count). The number of nitrogens with one attached hydrogen (secondary N) is 1. The van der Waals surface area contributed by atoms with Crippen LogP contribution in [0, 0.1) is 13.8 Å². The minimum absolute atomic E-state index is 0.151. The standard InChI is InChI=1S/C18H18N4O4S/c1-4-26-16(24)12-5-6-13-14(8-12)27-17(20-13)21-15(23)9-22-11(3)7-10(2)19-18(22)25/h5-8H,4,9H2,1-3H3,(H,20,21,23). The number of benzene rings is 1. The summed E-state index contributed by atoms with van der Waals surface area (Å²) < 4.78 is 7.03. The van der Waals surface area contributed by atoms with Gasteiger partial charge in [-0.15, -0.1) is 0 Å². The van der Waals surface area contributed by atoms with E-state index in [9.17, 15) is 14.4 Å². The van der Waals surface area contributed by atoms with Crippen LogP contribution in [0.2, 0.25) is 0 Å². The number of thiazole rings is 1. The molecule has 2 aromatic heterocycles. The summed E-state index contributed by atoms with van der Waals surface area (Å²) in [6, 6.07) is 6.75. The number of fused-ring (bicyclic) bond motifs is 1. The van der Waals surface area contributed by atoms with Crippen molar-refractivity contribution in [3.05, 3.63) is 51.7 Å². The van der Waals surface area contributed by atoms with Gasteiger partial charge in [-0.2, -0.15) is 4.98 Å². The van der Waals surface area contributed by atoms with Crippen LogP contribution in [0.15, 0.2) is 29.1 Å². The zero-order valence-corrected chi connectivity index (χ0v) is 15.9. The summed E-state index contributed by atoms with van der Waals surface area (Å²) in [6.07, 6.45) is 0. The van der Waals surface area contributed by atoms with Gasteiger partial charge in [0.05, 0.1) is 22.4 Å². The fourth-order valence-corrected chi connectivity index (χ4v) is 3.51. The Bertz CT molecular complexity index is 1090. The van der Waals surface area contributed by atoms with Crippen LogP contribution >= 0.6 is 11.3 Å². The third-order valence-electron chi connectivity index (χ3n) is 3.79. The van der Waals surface area contributed by atoms with Gasteiger partial charge >= 0.3 is 11.7 Å². The molecule has 0 saturated carbocycles. The molecular formula is C18H18N4O4S. The van der Waals surface area contributed by atoms with Gasteiger partial charge < -0.3 is 10.1 Å². The maximum absolute atomic E-state index is 12.3. The molecule has 0 aliphatic carbocycles. The number of ether oxygens (including phenoxy) is 1. The largest absolute Gasteiger partial charge is 0.462 e. The van der Waals surface area contributed by atoms with E-state index in [-0.39, 0.29) is 12.5 Å². The highest BCUT2D eigenvalue weighted by Crippen LogP contribution is 2.27. The Kier molecular flexibility index (Phi) is 5.31. The topological polar surface area (TPSA) is 103 Å². The fourth-order valence-electron chi connectivity index (χ4n) is 2.59. The van der Waals surface area contributed by atoms with Crippen molar-refractivity contribution in [1.29, 1.82) is 0 Å². The molecule has 0 bridgehead atoms. The van der Waals surface area contributed by atoms with Crippen molar-refractivity contribution in [2.75, 3.05) is 11.9 Å². The minimum atomic E-state index is -0.467. The van der Waals surface area contributed by atoms with Crippen molar-refractivity contribution in [3.63, 3.8) is 0 Å². The van der Waals surface area contributed by atoms with Crippen LogP contribution in [0.3, 0.4) is 0 Å². The minimum Gasteiger partial charge on any atom is -0.462 e. The number of amides is 1. The Morgan fingerprint density at radius 3 is 2.70 bits per heavy atom. The van der Waals surface area contributed by atoms with Gasteiger partial charge in [0.15, 0.2) is 5.13 Å². The van der Waals surface area contributed by atoms with E-state index in [0.717, 1.165) is 4.70 Å². The lowest BCUT2D eigenvalue weighted by Crippen LogP contribution is -2.31. The molecule has 0 atom stereocenters. The number of anilines is 1. The molecule has 3 aromatic rings. The maximum Gasteiger partial charge on any atom is 0.348 e. The van der Waals surface area contributed by atoms with Gasteiger partial charge in [0.1, 0.15) is 6.54 Å². The predicted molar refractivity (Wildman–Crippen MR) is 102 cm³/mol. The lowest BCUT2D eigenvalue weighted by atomic mass is 10.2. The van der Waals surface area contributed by atoms with E-state index < -0.39 is 11.7 Å². The first-order chi connectivity index (χ1) is 12.9. The first-order valence-electron chi connectivity index (χ1n) is 8.30. The zero-order valence-electron chi connectivity index (χ0n) is 15.1. The molecule has 1 aromatic carbocycles. The number of aryl methyl sites for hydroxylation is 2. The Hall–Kier alpha value is -3.07. The van der Waals surface area contributed by atoms with E-state index >= 15 is 0 Å². The smallest absolute Gasteiger partial charge is 0.348 e. The molecule has 8 nitrogen and oxygen atoms in total. The number of hydrogen-bond acceptors (Lipinski definition) is 7. The molecule has 0 aliphatic rings. The second-order valence-electron chi connectivity index (χ2n) is 5.88. The van der Waals surface area contributed by atoms with Crippen LogP contribution in [0.5, 0.6) is 0 Å². The van der Waals surface area contributed by atoms with E-state index in [1.165, 1.54) is 15.9 Å². The van der Waals surface area contributed by atoms with E-state index in [0.29, 0.717) is 34.2 Å². The average molecular weight is 386 g/mol. The van der Waals surface area contributed by atoms with Crippen molar-refractivity contribution < 1.29 is 14.3 Å². The molecule has 140 valence electrons. The molecule has 0 saturated heterocycles. The Morgan fingerprint density at radius 2 is 2.00 bits per heavy atom. The van der Waals surface area contributed by atoms with Gasteiger partial charge in [-0.1, -0.05) is 11.3 Å². The number of carbonyl (C=O) groups is 2. The number of aromatic nitrogens is 3. The molecule has 9 heteroatoms. The normalized spacial score (nSPS) is 10.8. The van der Waals surface area contributed by atoms with Gasteiger partial charge in [-0.05, 0) is 45.0 Å². The highest BCUT2D eigenvalue weighted by atomic mass is 32.1. The van der Waals surface area contributed by atoms with Crippen molar-refractivity contribution in [2.24, 2.45) is 0 Å². The fraction of sp³-hybridized carbons (Fsp3) is 0.278. The first kappa shape index (κ1) is 18.7. The van der Waals surface area contributed by atoms with Crippen molar-refractivity contribution in [1.82, 2.24) is 14.5 Å². The summed E-state index contributed by atoms with van der Waals surface area (Å²) in [4.78, 5) is 44.3. The van der Waals surface area contributed by atoms with E-state index in [1.54, 1.807) is 45.0 Å². The van der Waals surface area contributed by atoms with Gasteiger partial charge in [-0.3, -0.25) is 9.36 Å². The van der Waals surface area contributed by atoms with Crippen molar-refractivity contribution in [2.45, 2.75) is 27.3 Å². The molecule has 0 radical (unpaired) electrons. The first-order valence-corrected chi connectivity index (χ1v) is 9.11. The average Bonchev–Trinajstić information content (AvgIpc) is 2.99. The monoisotopic (exact) mass is 386 g/mol. The van der Waals surface area contributed by atoms with Gasteiger partial charge in [0, 0.05) is 11.4 Å². The zero-order chi connectivity index (χ0) is 19.6. The Balaban J connectivity index is 1.77. The molecule has 27 heavy (non-hydrogen) atoms. The summed E-state index contributed by atoms with van der Waals surface area (Å²) in [6.45, 7) is 5.37. The predicted octanol–water partition coefficient (Wildman–Crippen LogP) is 2.29. The molecule has 0 fully saturated rings.